The summed E-state index contributed by atoms with van der Waals surface area (Å²) in [6.45, 7) is 1.80. The molecule has 0 aromatic heterocycles. The third-order valence-corrected chi connectivity index (χ3v) is 5.69. The van der Waals surface area contributed by atoms with Crippen LogP contribution in [0.25, 0.3) is 0 Å². The van der Waals surface area contributed by atoms with E-state index in [9.17, 15) is 0 Å². The Morgan fingerprint density at radius 2 is 1.50 bits per heavy atom. The van der Waals surface area contributed by atoms with Crippen LogP contribution < -0.4 is 0 Å². The summed E-state index contributed by atoms with van der Waals surface area (Å²) in [4.78, 5) is -0.455. The molecule has 0 aromatic rings. The van der Waals surface area contributed by atoms with Gasteiger partial charge in [0.05, 0.1) is 9.70 Å². The Hall–Kier alpha value is 1.35. The number of alkyl halides is 4. The van der Waals surface area contributed by atoms with Crippen molar-refractivity contribution >= 4 is 50.7 Å². The van der Waals surface area contributed by atoms with Gasteiger partial charge in [-0.05, 0) is 6.92 Å². The van der Waals surface area contributed by atoms with Crippen LogP contribution in [0.1, 0.15) is 6.92 Å². The largest absolute Gasteiger partial charge is 0.152 e. The van der Waals surface area contributed by atoms with Crippen molar-refractivity contribution in [3.05, 3.63) is 0 Å². The van der Waals surface area contributed by atoms with Gasteiger partial charge < -0.3 is 0 Å². The molecular formula is C4H4BrCl3. The molecule has 8 heavy (non-hydrogen) atoms. The minimum absolute atomic E-state index is 0.0208. The summed E-state index contributed by atoms with van der Waals surface area (Å²) < 4.78 is -0.769. The summed E-state index contributed by atoms with van der Waals surface area (Å²) in [6.07, 6.45) is 0. The maximum Gasteiger partial charge on any atom is 0.152 e. The van der Waals surface area contributed by atoms with Gasteiger partial charge in [-0.25, -0.2) is 0 Å². The molecule has 1 saturated carbocycles. The molecule has 2 unspecified atom stereocenters. The second-order valence-corrected chi connectivity index (χ2v) is 5.15. The summed E-state index contributed by atoms with van der Waals surface area (Å²) in [7, 11) is 0. The minimum Gasteiger partial charge on any atom is -0.115 e. The Labute approximate surface area is 71.6 Å². The maximum absolute atomic E-state index is 5.77. The molecule has 0 saturated heterocycles. The Morgan fingerprint density at radius 3 is 1.50 bits per heavy atom. The molecule has 1 aliphatic carbocycles. The Balaban J connectivity index is 2.72. The first-order chi connectivity index (χ1) is 3.40. The predicted molar refractivity (Wildman–Crippen MR) is 41.4 cm³/mol. The molecule has 4 heteroatoms. The van der Waals surface area contributed by atoms with Gasteiger partial charge in [-0.2, -0.15) is 0 Å². The highest BCUT2D eigenvalue weighted by atomic mass is 79.9. The van der Waals surface area contributed by atoms with Gasteiger partial charge in [0.25, 0.3) is 0 Å². The normalized spacial score (nSPS) is 51.4. The van der Waals surface area contributed by atoms with Gasteiger partial charge in [0.2, 0.25) is 0 Å². The van der Waals surface area contributed by atoms with Crippen molar-refractivity contribution in [3.63, 3.8) is 0 Å². The Kier molecular flexibility index (Phi) is 1.57. The molecule has 1 fully saturated rings. The SMILES string of the molecule is CC1(Cl)C(Br)C1(Cl)Cl. The summed E-state index contributed by atoms with van der Waals surface area (Å²) in [5.41, 5.74) is 0. The van der Waals surface area contributed by atoms with Crippen molar-refractivity contribution in [3.8, 4) is 0 Å². The summed E-state index contributed by atoms with van der Waals surface area (Å²) >= 11 is 20.3. The number of hydrogen-bond donors (Lipinski definition) is 0. The Bertz CT molecular complexity index is 106. The van der Waals surface area contributed by atoms with E-state index in [-0.39, 0.29) is 4.83 Å². The van der Waals surface area contributed by atoms with Gasteiger partial charge in [0, 0.05) is 0 Å². The van der Waals surface area contributed by atoms with Crippen LogP contribution in [-0.2, 0) is 0 Å². The fourth-order valence-corrected chi connectivity index (χ4v) is 2.43. The van der Waals surface area contributed by atoms with E-state index in [2.05, 4.69) is 15.9 Å². The molecular weight excluding hydrogens is 234 g/mol. The highest BCUT2D eigenvalue weighted by Gasteiger charge is 2.71. The number of halogens is 4. The molecule has 0 spiro atoms. The van der Waals surface area contributed by atoms with Crippen molar-refractivity contribution < 1.29 is 0 Å². The topological polar surface area (TPSA) is 0 Å². The third kappa shape index (κ3) is 0.716. The van der Waals surface area contributed by atoms with Gasteiger partial charge in [-0.3, -0.25) is 0 Å². The van der Waals surface area contributed by atoms with Crippen LogP contribution in [0.4, 0.5) is 0 Å². The van der Waals surface area contributed by atoms with Gasteiger partial charge >= 0.3 is 0 Å². The maximum atomic E-state index is 5.77. The van der Waals surface area contributed by atoms with E-state index in [0.717, 1.165) is 0 Å². The fraction of sp³-hybridized carbons (Fsp3) is 1.00. The smallest absolute Gasteiger partial charge is 0.115 e. The standard InChI is InChI=1S/C4H4BrCl3/c1-3(6)2(5)4(3,7)8/h2H,1H3. The highest BCUT2D eigenvalue weighted by Crippen LogP contribution is 2.64. The van der Waals surface area contributed by atoms with Crippen molar-refractivity contribution in [1.29, 1.82) is 0 Å². The molecule has 0 aromatic carbocycles. The van der Waals surface area contributed by atoms with E-state index < -0.39 is 9.21 Å². The van der Waals surface area contributed by atoms with Gasteiger partial charge in [-0.1, -0.05) is 39.1 Å². The lowest BCUT2D eigenvalue weighted by molar-refractivity contribution is 1.02. The van der Waals surface area contributed by atoms with Crippen molar-refractivity contribution in [2.24, 2.45) is 0 Å². The fourth-order valence-electron chi connectivity index (χ4n) is 0.452. The first kappa shape index (κ1) is 7.46. The molecule has 0 N–H and O–H groups in total. The quantitative estimate of drug-likeness (QED) is 0.569. The molecule has 0 heterocycles. The molecule has 0 amide bonds. The van der Waals surface area contributed by atoms with Crippen LogP contribution in [0.15, 0.2) is 0 Å². The van der Waals surface area contributed by atoms with Crippen molar-refractivity contribution in [2.75, 3.05) is 0 Å². The van der Waals surface area contributed by atoms with E-state index >= 15 is 0 Å². The lowest BCUT2D eigenvalue weighted by Gasteiger charge is -1.95. The second-order valence-electron chi connectivity index (χ2n) is 2.06. The Morgan fingerprint density at radius 1 is 1.38 bits per heavy atom. The van der Waals surface area contributed by atoms with E-state index in [1.165, 1.54) is 0 Å². The van der Waals surface area contributed by atoms with Gasteiger partial charge in [0.1, 0.15) is 0 Å². The first-order valence-electron chi connectivity index (χ1n) is 2.11. The third-order valence-electron chi connectivity index (χ3n) is 1.36. The van der Waals surface area contributed by atoms with Crippen LogP contribution in [-0.4, -0.2) is 14.0 Å². The summed E-state index contributed by atoms with van der Waals surface area (Å²) in [6, 6.07) is 0. The zero-order valence-corrected chi connectivity index (χ0v) is 7.94. The lowest BCUT2D eigenvalue weighted by Crippen LogP contribution is -2.00. The van der Waals surface area contributed by atoms with Gasteiger partial charge in [0.15, 0.2) is 4.33 Å². The van der Waals surface area contributed by atoms with Crippen LogP contribution in [0.2, 0.25) is 0 Å². The first-order valence-corrected chi connectivity index (χ1v) is 4.16. The number of hydrogen-bond acceptors (Lipinski definition) is 0. The van der Waals surface area contributed by atoms with Crippen LogP contribution in [0.5, 0.6) is 0 Å². The molecule has 0 radical (unpaired) electrons. The number of rotatable bonds is 0. The van der Waals surface area contributed by atoms with Gasteiger partial charge in [-0.15, -0.1) is 11.6 Å². The predicted octanol–water partition coefficient (Wildman–Crippen LogP) is 2.93. The van der Waals surface area contributed by atoms with Crippen LogP contribution in [0.3, 0.4) is 0 Å². The van der Waals surface area contributed by atoms with E-state index in [1.54, 1.807) is 6.92 Å². The van der Waals surface area contributed by atoms with Crippen molar-refractivity contribution in [1.82, 2.24) is 0 Å². The molecule has 48 valence electrons. The van der Waals surface area contributed by atoms with Crippen LogP contribution in [0, 0.1) is 0 Å². The highest BCUT2D eigenvalue weighted by molar-refractivity contribution is 9.10. The van der Waals surface area contributed by atoms with E-state index in [4.69, 9.17) is 34.8 Å². The van der Waals surface area contributed by atoms with E-state index in [0.29, 0.717) is 0 Å². The molecule has 0 aliphatic heterocycles. The average Bonchev–Trinajstić information content (AvgIpc) is 1.88. The van der Waals surface area contributed by atoms with E-state index in [1.807, 2.05) is 0 Å². The summed E-state index contributed by atoms with van der Waals surface area (Å²) in [5, 5.41) is 0. The van der Waals surface area contributed by atoms with Crippen molar-refractivity contribution in [2.45, 2.75) is 21.0 Å². The monoisotopic (exact) mass is 236 g/mol. The molecule has 1 rings (SSSR count). The van der Waals surface area contributed by atoms with Crippen LogP contribution >= 0.6 is 50.7 Å². The lowest BCUT2D eigenvalue weighted by atomic mass is 10.5. The zero-order chi connectivity index (χ0) is 6.58. The molecule has 0 nitrogen and oxygen atoms in total. The average molecular weight is 238 g/mol. The molecule has 0 bridgehead atoms. The molecule has 2 atom stereocenters. The second kappa shape index (κ2) is 1.69. The minimum atomic E-state index is -0.769. The molecule has 1 aliphatic rings. The zero-order valence-electron chi connectivity index (χ0n) is 4.09. The summed E-state index contributed by atoms with van der Waals surface area (Å²) in [5.74, 6) is 0.